The van der Waals surface area contributed by atoms with Crippen molar-refractivity contribution in [3.63, 3.8) is 0 Å². The van der Waals surface area contributed by atoms with Gasteiger partial charge in [0.05, 0.1) is 10.6 Å². The van der Waals surface area contributed by atoms with Crippen LogP contribution in [-0.4, -0.2) is 59.6 Å². The minimum Gasteiger partial charge on any atom is -0.369 e. The Bertz CT molecular complexity index is 1140. The molecule has 0 atom stereocenters. The number of nitrogens with zero attached hydrogens (tertiary/aromatic N) is 2. The highest BCUT2D eigenvalue weighted by Gasteiger charge is 2.28. The van der Waals surface area contributed by atoms with Gasteiger partial charge in [-0.25, -0.2) is 21.6 Å². The monoisotopic (exact) mass is 485 g/mol. The molecule has 1 N–H and O–H groups in total. The number of nitrogens with one attached hydrogen (secondary N) is 1. The van der Waals surface area contributed by atoms with Crippen LogP contribution in [0.1, 0.15) is 16.7 Å². The predicted octanol–water partition coefficient (Wildman–Crippen LogP) is 2.70. The van der Waals surface area contributed by atoms with Gasteiger partial charge in [-0.3, -0.25) is 0 Å². The first-order valence-electron chi connectivity index (χ1n) is 10.1. The van der Waals surface area contributed by atoms with Gasteiger partial charge < -0.3 is 4.90 Å². The summed E-state index contributed by atoms with van der Waals surface area (Å²) in [4.78, 5) is 2.30. The van der Waals surface area contributed by atoms with Crippen LogP contribution in [0.15, 0.2) is 41.3 Å². The lowest BCUT2D eigenvalue weighted by Gasteiger charge is -2.35. The number of benzene rings is 2. The fraction of sp³-hybridized carbons (Fsp3) is 0.429. The van der Waals surface area contributed by atoms with E-state index in [0.29, 0.717) is 42.3 Å². The van der Waals surface area contributed by atoms with Crippen LogP contribution in [0.5, 0.6) is 0 Å². The molecule has 7 nitrogen and oxygen atoms in total. The lowest BCUT2D eigenvalue weighted by Crippen LogP contribution is -2.50. The van der Waals surface area contributed by atoms with Crippen LogP contribution in [0.4, 0.5) is 5.69 Å². The number of piperazine rings is 1. The molecule has 170 valence electrons. The molecule has 31 heavy (non-hydrogen) atoms. The zero-order valence-electron chi connectivity index (χ0n) is 17.9. The van der Waals surface area contributed by atoms with E-state index in [0.717, 1.165) is 11.3 Å². The Morgan fingerprint density at radius 2 is 1.55 bits per heavy atom. The normalized spacial score (nSPS) is 15.9. The maximum absolute atomic E-state index is 12.7. The number of hydrogen-bond donors (Lipinski definition) is 1. The van der Waals surface area contributed by atoms with E-state index < -0.39 is 20.0 Å². The van der Waals surface area contributed by atoms with Crippen LogP contribution >= 0.6 is 11.6 Å². The van der Waals surface area contributed by atoms with Crippen molar-refractivity contribution in [1.29, 1.82) is 0 Å². The van der Waals surface area contributed by atoms with Gasteiger partial charge in [-0.2, -0.15) is 4.31 Å². The second-order valence-electron chi connectivity index (χ2n) is 7.81. The van der Waals surface area contributed by atoms with E-state index in [-0.39, 0.29) is 17.2 Å². The Morgan fingerprint density at radius 1 is 0.935 bits per heavy atom. The summed E-state index contributed by atoms with van der Waals surface area (Å²) in [5, 5.41) is 0.638. The van der Waals surface area contributed by atoms with Crippen molar-refractivity contribution in [3.8, 4) is 0 Å². The molecule has 2 aromatic rings. The summed E-state index contributed by atoms with van der Waals surface area (Å²) in [6, 6.07) is 11.1. The molecule has 10 heteroatoms. The average Bonchev–Trinajstić information content (AvgIpc) is 2.66. The molecule has 2 aromatic carbocycles. The van der Waals surface area contributed by atoms with Crippen molar-refractivity contribution in [2.75, 3.05) is 43.4 Å². The van der Waals surface area contributed by atoms with Gasteiger partial charge in [0.1, 0.15) is 0 Å². The van der Waals surface area contributed by atoms with Gasteiger partial charge in [-0.1, -0.05) is 35.4 Å². The second kappa shape index (κ2) is 9.46. The summed E-state index contributed by atoms with van der Waals surface area (Å²) in [7, 11) is -7.37. The Kier molecular flexibility index (Phi) is 7.32. The van der Waals surface area contributed by atoms with Gasteiger partial charge >= 0.3 is 0 Å². The summed E-state index contributed by atoms with van der Waals surface area (Å²) >= 11 is 6.04. The number of halogens is 1. The van der Waals surface area contributed by atoms with E-state index in [1.165, 1.54) is 4.31 Å². The average molecular weight is 486 g/mol. The lowest BCUT2D eigenvalue weighted by molar-refractivity contribution is 0.385. The molecule has 0 bridgehead atoms. The van der Waals surface area contributed by atoms with Gasteiger partial charge in [0.25, 0.3) is 0 Å². The first-order valence-corrected chi connectivity index (χ1v) is 13.5. The van der Waals surface area contributed by atoms with Crippen molar-refractivity contribution in [2.45, 2.75) is 25.7 Å². The second-order valence-corrected chi connectivity index (χ2v) is 12.0. The van der Waals surface area contributed by atoms with Crippen molar-refractivity contribution < 1.29 is 16.8 Å². The van der Waals surface area contributed by atoms with E-state index in [4.69, 9.17) is 11.6 Å². The highest BCUT2D eigenvalue weighted by Crippen LogP contribution is 2.23. The molecule has 0 amide bonds. The Labute approximate surface area is 190 Å². The van der Waals surface area contributed by atoms with Crippen LogP contribution in [0.3, 0.4) is 0 Å². The number of hydrogen-bond acceptors (Lipinski definition) is 5. The quantitative estimate of drug-likeness (QED) is 0.651. The number of sulfonamides is 2. The molecular formula is C21H28ClN3O4S2. The molecule has 0 saturated carbocycles. The molecule has 1 fully saturated rings. The third-order valence-electron chi connectivity index (χ3n) is 5.33. The number of aryl methyl sites for hydroxylation is 3. The summed E-state index contributed by atoms with van der Waals surface area (Å²) in [5.41, 5.74) is 3.23. The zero-order chi connectivity index (χ0) is 22.8. The van der Waals surface area contributed by atoms with E-state index in [1.54, 1.807) is 32.0 Å². The van der Waals surface area contributed by atoms with Crippen molar-refractivity contribution in [3.05, 3.63) is 58.1 Å². The first-order chi connectivity index (χ1) is 14.5. The van der Waals surface area contributed by atoms with Crippen LogP contribution in [0.2, 0.25) is 5.02 Å². The SMILES string of the molecule is Cc1cc(C)c(S(=O)(=O)NCCS(=O)(=O)N2CCN(c3cccc(Cl)c3)CC2)c(C)c1. The Balaban J connectivity index is 1.58. The fourth-order valence-electron chi connectivity index (χ4n) is 3.99. The van der Waals surface area contributed by atoms with Crippen molar-refractivity contribution in [1.82, 2.24) is 9.03 Å². The summed E-state index contributed by atoms with van der Waals surface area (Å²) in [6.45, 7) is 7.00. The minimum absolute atomic E-state index is 0.175. The third-order valence-corrected chi connectivity index (χ3v) is 9.20. The molecule has 3 rings (SSSR count). The van der Waals surface area contributed by atoms with Gasteiger partial charge in [-0.05, 0) is 50.1 Å². The molecule has 1 heterocycles. The van der Waals surface area contributed by atoms with Gasteiger partial charge in [0.15, 0.2) is 0 Å². The smallest absolute Gasteiger partial charge is 0.241 e. The maximum atomic E-state index is 12.7. The molecule has 0 radical (unpaired) electrons. The van der Waals surface area contributed by atoms with Gasteiger partial charge in [-0.15, -0.1) is 0 Å². The van der Waals surface area contributed by atoms with E-state index in [1.807, 2.05) is 25.1 Å². The molecule has 1 saturated heterocycles. The Hall–Kier alpha value is -1.65. The molecule has 0 unspecified atom stereocenters. The van der Waals surface area contributed by atoms with Crippen molar-refractivity contribution in [2.24, 2.45) is 0 Å². The largest absolute Gasteiger partial charge is 0.369 e. The number of anilines is 1. The van der Waals surface area contributed by atoms with E-state index >= 15 is 0 Å². The molecular weight excluding hydrogens is 458 g/mol. The molecule has 0 aromatic heterocycles. The van der Waals surface area contributed by atoms with Crippen LogP contribution in [0.25, 0.3) is 0 Å². The highest BCUT2D eigenvalue weighted by molar-refractivity contribution is 7.90. The standard InChI is InChI=1S/C21H28ClN3O4S2/c1-16-13-17(2)21(18(3)14-16)31(28,29)23-7-12-30(26,27)25-10-8-24(9-11-25)20-6-4-5-19(22)15-20/h4-6,13-15,23H,7-12H2,1-3H3. The van der Waals surface area contributed by atoms with E-state index in [9.17, 15) is 16.8 Å². The third kappa shape index (κ3) is 5.78. The number of rotatable bonds is 7. The summed E-state index contributed by atoms with van der Waals surface area (Å²) in [5.74, 6) is -0.284. The lowest BCUT2D eigenvalue weighted by atomic mass is 10.1. The Morgan fingerprint density at radius 3 is 2.13 bits per heavy atom. The molecule has 1 aliphatic rings. The topological polar surface area (TPSA) is 86.8 Å². The van der Waals surface area contributed by atoms with E-state index in [2.05, 4.69) is 9.62 Å². The van der Waals surface area contributed by atoms with Gasteiger partial charge in [0, 0.05) is 43.4 Å². The fourth-order valence-corrected chi connectivity index (χ4v) is 7.13. The molecule has 0 spiro atoms. The van der Waals surface area contributed by atoms with Gasteiger partial charge in [0.2, 0.25) is 20.0 Å². The first kappa shape index (κ1) is 24.0. The van der Waals surface area contributed by atoms with Crippen LogP contribution < -0.4 is 9.62 Å². The minimum atomic E-state index is -3.79. The maximum Gasteiger partial charge on any atom is 0.241 e. The van der Waals surface area contributed by atoms with Crippen molar-refractivity contribution >= 4 is 37.3 Å². The molecule has 1 aliphatic heterocycles. The van der Waals surface area contributed by atoms with Crippen LogP contribution in [0, 0.1) is 20.8 Å². The molecule has 0 aliphatic carbocycles. The highest BCUT2D eigenvalue weighted by atomic mass is 35.5. The van der Waals surface area contributed by atoms with Crippen LogP contribution in [-0.2, 0) is 20.0 Å². The predicted molar refractivity (Wildman–Crippen MR) is 125 cm³/mol. The summed E-state index contributed by atoms with van der Waals surface area (Å²) in [6.07, 6.45) is 0. The summed E-state index contributed by atoms with van der Waals surface area (Å²) < 4.78 is 54.8. The zero-order valence-corrected chi connectivity index (χ0v) is 20.3.